The van der Waals surface area contributed by atoms with Crippen molar-refractivity contribution in [1.29, 1.82) is 0 Å². The zero-order valence-corrected chi connectivity index (χ0v) is 26.5. The minimum absolute atomic E-state index is 0.0824. The van der Waals surface area contributed by atoms with Crippen LogP contribution in [0.1, 0.15) is 82.3 Å². The highest BCUT2D eigenvalue weighted by molar-refractivity contribution is 5.86. The minimum Gasteiger partial charge on any atom is -0.341 e. The molecule has 3 aliphatic rings. The standard InChI is InChI=1S/C37H45N5O3/c1-3-33(38)32(36(44)42-22-30(23-42)35(43)41-45)19-24-7-9-28(10-8-24)34-39-20-29(21-40-34)26-13-11-25(12-14-26)27-15-17-37(2,18-16-27)31-5-4-6-31/h7-14,20-21,27,30-33H,3-6,15-19,22-23,38H2,1-2H3. The predicted molar refractivity (Wildman–Crippen MR) is 176 cm³/mol. The molecule has 6 rings (SSSR count). The van der Waals surface area contributed by atoms with Crippen molar-refractivity contribution in [3.05, 3.63) is 77.0 Å². The van der Waals surface area contributed by atoms with Crippen molar-refractivity contribution >= 4 is 11.8 Å². The second-order valence-electron chi connectivity index (χ2n) is 13.9. The van der Waals surface area contributed by atoms with Crippen LogP contribution in [0, 0.1) is 28.1 Å². The van der Waals surface area contributed by atoms with Gasteiger partial charge in [-0.1, -0.05) is 68.8 Å². The average molecular weight is 608 g/mol. The van der Waals surface area contributed by atoms with E-state index in [2.05, 4.69) is 46.3 Å². The third-order valence-electron chi connectivity index (χ3n) is 11.2. The number of nitrogens with zero attached hydrogens (tertiary/aromatic N) is 4. The molecule has 2 aliphatic carbocycles. The van der Waals surface area contributed by atoms with Gasteiger partial charge in [-0.15, -0.1) is 4.91 Å². The van der Waals surface area contributed by atoms with Crippen molar-refractivity contribution in [3.63, 3.8) is 0 Å². The molecule has 2 aromatic carbocycles. The van der Waals surface area contributed by atoms with Gasteiger partial charge in [0.25, 0.3) is 5.91 Å². The van der Waals surface area contributed by atoms with Crippen LogP contribution < -0.4 is 5.73 Å². The topological polar surface area (TPSA) is 119 Å². The number of likely N-dealkylation sites (tertiary alicyclic amines) is 1. The van der Waals surface area contributed by atoms with Crippen LogP contribution in [0.25, 0.3) is 22.5 Å². The van der Waals surface area contributed by atoms with Gasteiger partial charge in [0.2, 0.25) is 5.91 Å². The van der Waals surface area contributed by atoms with Gasteiger partial charge in [-0.2, -0.15) is 0 Å². The van der Waals surface area contributed by atoms with Crippen LogP contribution >= 0.6 is 0 Å². The van der Waals surface area contributed by atoms with E-state index in [0.29, 0.717) is 30.0 Å². The smallest absolute Gasteiger partial charge is 0.292 e. The van der Waals surface area contributed by atoms with Crippen LogP contribution in [-0.2, 0) is 16.0 Å². The van der Waals surface area contributed by atoms with Gasteiger partial charge < -0.3 is 10.6 Å². The normalized spacial score (nSPS) is 23.4. The maximum Gasteiger partial charge on any atom is 0.292 e. The van der Waals surface area contributed by atoms with Crippen LogP contribution in [0.2, 0.25) is 0 Å². The summed E-state index contributed by atoms with van der Waals surface area (Å²) >= 11 is 0. The summed E-state index contributed by atoms with van der Waals surface area (Å²) in [6.07, 6.45) is 14.5. The zero-order valence-electron chi connectivity index (χ0n) is 26.5. The van der Waals surface area contributed by atoms with E-state index in [4.69, 9.17) is 5.73 Å². The Balaban J connectivity index is 1.05. The van der Waals surface area contributed by atoms with Crippen LogP contribution in [0.5, 0.6) is 0 Å². The van der Waals surface area contributed by atoms with Gasteiger partial charge in [-0.25, -0.2) is 9.97 Å². The van der Waals surface area contributed by atoms with E-state index < -0.39 is 17.7 Å². The first-order valence-corrected chi connectivity index (χ1v) is 16.7. The molecule has 2 amide bonds. The lowest BCUT2D eigenvalue weighted by atomic mass is 9.58. The highest BCUT2D eigenvalue weighted by atomic mass is 16.3. The number of aromatic nitrogens is 2. The van der Waals surface area contributed by atoms with E-state index in [0.717, 1.165) is 28.2 Å². The molecular formula is C37H45N5O3. The molecule has 3 fully saturated rings. The Morgan fingerprint density at radius 1 is 0.933 bits per heavy atom. The summed E-state index contributed by atoms with van der Waals surface area (Å²) in [4.78, 5) is 46.2. The Hall–Kier alpha value is -3.78. The summed E-state index contributed by atoms with van der Waals surface area (Å²) in [6, 6.07) is 16.6. The number of hydrogen-bond donors (Lipinski definition) is 1. The second kappa shape index (κ2) is 13.3. The summed E-state index contributed by atoms with van der Waals surface area (Å²) in [5, 5.41) is 2.49. The van der Waals surface area contributed by atoms with Crippen molar-refractivity contribution < 1.29 is 9.59 Å². The highest BCUT2D eigenvalue weighted by Gasteiger charge is 2.41. The first-order chi connectivity index (χ1) is 21.8. The van der Waals surface area contributed by atoms with Crippen molar-refractivity contribution in [3.8, 4) is 22.5 Å². The largest absolute Gasteiger partial charge is 0.341 e. The quantitative estimate of drug-likeness (QED) is 0.250. The average Bonchev–Trinajstić information content (AvgIpc) is 3.02. The van der Waals surface area contributed by atoms with Crippen LogP contribution in [0.4, 0.5) is 0 Å². The molecule has 1 aliphatic heterocycles. The summed E-state index contributed by atoms with van der Waals surface area (Å²) < 4.78 is 0. The van der Waals surface area contributed by atoms with Crippen LogP contribution in [0.3, 0.4) is 0 Å². The molecule has 0 bridgehead atoms. The molecule has 0 radical (unpaired) electrons. The number of rotatable bonds is 10. The third kappa shape index (κ3) is 6.62. The van der Waals surface area contributed by atoms with Crippen LogP contribution in [0.15, 0.2) is 66.1 Å². The number of amides is 2. The summed E-state index contributed by atoms with van der Waals surface area (Å²) in [7, 11) is 0. The highest BCUT2D eigenvalue weighted by Crippen LogP contribution is 2.53. The summed E-state index contributed by atoms with van der Waals surface area (Å²) in [5.74, 6) is 0.596. The number of hydrogen-bond acceptors (Lipinski definition) is 6. The van der Waals surface area contributed by atoms with Crippen molar-refractivity contribution in [2.75, 3.05) is 13.1 Å². The first kappa shape index (κ1) is 31.2. The maximum absolute atomic E-state index is 13.2. The predicted octanol–water partition coefficient (Wildman–Crippen LogP) is 6.92. The molecule has 1 saturated heterocycles. The SMILES string of the molecule is CCC(N)C(Cc1ccc(-c2ncc(-c3ccc(C4CCC(C)(C5CCC5)CC4)cc3)cn2)cc1)C(=O)N1CC(C(=O)N=O)C1. The fourth-order valence-corrected chi connectivity index (χ4v) is 7.57. The molecule has 2 unspecified atom stereocenters. The van der Waals surface area contributed by atoms with E-state index in [1.807, 2.05) is 43.6 Å². The molecule has 8 heteroatoms. The van der Waals surface area contributed by atoms with Gasteiger partial charge in [-0.3, -0.25) is 9.59 Å². The fourth-order valence-electron chi connectivity index (χ4n) is 7.57. The Bertz CT molecular complexity index is 1490. The maximum atomic E-state index is 13.2. The Kier molecular flexibility index (Phi) is 9.22. The Morgan fingerprint density at radius 2 is 1.56 bits per heavy atom. The van der Waals surface area contributed by atoms with Gasteiger partial charge in [-0.05, 0) is 85.3 Å². The van der Waals surface area contributed by atoms with Gasteiger partial charge in [0.05, 0.1) is 11.8 Å². The Morgan fingerprint density at radius 3 is 2.11 bits per heavy atom. The molecule has 2 atom stereocenters. The number of carbonyl (C=O) groups is 2. The van der Waals surface area contributed by atoms with Gasteiger partial charge in [0, 0.05) is 47.8 Å². The molecule has 236 valence electrons. The van der Waals surface area contributed by atoms with Gasteiger partial charge >= 0.3 is 0 Å². The minimum atomic E-state index is -0.694. The third-order valence-corrected chi connectivity index (χ3v) is 11.2. The van der Waals surface area contributed by atoms with E-state index >= 15 is 0 Å². The number of carbonyl (C=O) groups excluding carboxylic acids is 2. The fraction of sp³-hybridized carbons (Fsp3) is 0.514. The molecule has 2 N–H and O–H groups in total. The van der Waals surface area contributed by atoms with E-state index in [1.165, 1.54) is 50.5 Å². The first-order valence-electron chi connectivity index (χ1n) is 16.7. The van der Waals surface area contributed by atoms with Crippen molar-refractivity contribution in [2.45, 2.75) is 83.6 Å². The van der Waals surface area contributed by atoms with Gasteiger partial charge in [0.1, 0.15) is 0 Å². The molecule has 2 heterocycles. The zero-order chi connectivity index (χ0) is 31.6. The number of nitroso groups, excluding NO2 is 1. The van der Waals surface area contributed by atoms with Crippen molar-refractivity contribution in [1.82, 2.24) is 14.9 Å². The molecule has 1 aromatic heterocycles. The lowest BCUT2D eigenvalue weighted by molar-refractivity contribution is -0.146. The monoisotopic (exact) mass is 607 g/mol. The number of nitrogens with two attached hydrogens (primary N) is 1. The van der Waals surface area contributed by atoms with E-state index in [9.17, 15) is 14.5 Å². The molecule has 8 nitrogen and oxygen atoms in total. The molecule has 3 aromatic rings. The number of benzene rings is 2. The lowest BCUT2D eigenvalue weighted by Gasteiger charge is -2.47. The van der Waals surface area contributed by atoms with E-state index in [1.54, 1.807) is 4.90 Å². The summed E-state index contributed by atoms with van der Waals surface area (Å²) in [6.45, 7) is 4.95. The molecule has 45 heavy (non-hydrogen) atoms. The van der Waals surface area contributed by atoms with E-state index in [-0.39, 0.29) is 25.0 Å². The molecular weight excluding hydrogens is 562 g/mol. The lowest BCUT2D eigenvalue weighted by Crippen LogP contribution is -2.56. The Labute approximate surface area is 266 Å². The molecule has 0 spiro atoms. The second-order valence-corrected chi connectivity index (χ2v) is 13.9. The van der Waals surface area contributed by atoms with Crippen molar-refractivity contribution in [2.24, 2.45) is 34.1 Å². The van der Waals surface area contributed by atoms with Crippen LogP contribution in [-0.4, -0.2) is 45.8 Å². The van der Waals surface area contributed by atoms with Gasteiger partial charge in [0.15, 0.2) is 5.82 Å². The molecule has 2 saturated carbocycles. The summed E-state index contributed by atoms with van der Waals surface area (Å²) in [5.41, 5.74) is 12.4.